The molecular weight excluding hydrogens is 248 g/mol. The van der Waals surface area contributed by atoms with Crippen LogP contribution < -0.4 is 5.32 Å². The third-order valence-electron chi connectivity index (χ3n) is 3.55. The molecule has 2 unspecified atom stereocenters. The SMILES string of the molecule is CS(=O)(=O)C1CCCC(NCc2cccnc2)C1. The minimum atomic E-state index is -2.89. The van der Waals surface area contributed by atoms with E-state index in [9.17, 15) is 8.42 Å². The molecule has 1 aliphatic carbocycles. The van der Waals surface area contributed by atoms with Crippen LogP contribution in [0.15, 0.2) is 24.5 Å². The largest absolute Gasteiger partial charge is 0.310 e. The Morgan fingerprint density at radius 3 is 2.94 bits per heavy atom. The van der Waals surface area contributed by atoms with Crippen LogP contribution in [0, 0.1) is 0 Å². The van der Waals surface area contributed by atoms with E-state index in [0.717, 1.165) is 37.8 Å². The molecule has 2 atom stereocenters. The minimum Gasteiger partial charge on any atom is -0.310 e. The average Bonchev–Trinajstić information content (AvgIpc) is 2.37. The van der Waals surface area contributed by atoms with Crippen molar-refractivity contribution >= 4 is 9.84 Å². The van der Waals surface area contributed by atoms with Crippen LogP contribution in [0.25, 0.3) is 0 Å². The number of nitrogens with zero attached hydrogens (tertiary/aromatic N) is 1. The molecule has 0 amide bonds. The Morgan fingerprint density at radius 1 is 1.44 bits per heavy atom. The quantitative estimate of drug-likeness (QED) is 0.899. The molecule has 5 heteroatoms. The van der Waals surface area contributed by atoms with Crippen LogP contribution in [-0.4, -0.2) is 30.9 Å². The fourth-order valence-electron chi connectivity index (χ4n) is 2.48. The second-order valence-corrected chi connectivity index (χ2v) is 7.38. The number of hydrogen-bond acceptors (Lipinski definition) is 4. The fraction of sp³-hybridized carbons (Fsp3) is 0.615. The maximum Gasteiger partial charge on any atom is 0.150 e. The second kappa shape index (κ2) is 5.80. The van der Waals surface area contributed by atoms with E-state index in [-0.39, 0.29) is 5.25 Å². The van der Waals surface area contributed by atoms with Crippen LogP contribution in [0.5, 0.6) is 0 Å². The number of hydrogen-bond donors (Lipinski definition) is 1. The highest BCUT2D eigenvalue weighted by molar-refractivity contribution is 7.91. The molecule has 4 nitrogen and oxygen atoms in total. The van der Waals surface area contributed by atoms with Gasteiger partial charge in [-0.3, -0.25) is 4.98 Å². The summed E-state index contributed by atoms with van der Waals surface area (Å²) in [6, 6.07) is 4.24. The smallest absolute Gasteiger partial charge is 0.150 e. The van der Waals surface area contributed by atoms with Crippen molar-refractivity contribution in [1.29, 1.82) is 0 Å². The molecule has 1 aromatic heterocycles. The lowest BCUT2D eigenvalue weighted by atomic mass is 9.95. The Morgan fingerprint density at radius 2 is 2.28 bits per heavy atom. The topological polar surface area (TPSA) is 59.1 Å². The van der Waals surface area contributed by atoms with Gasteiger partial charge in [0.25, 0.3) is 0 Å². The van der Waals surface area contributed by atoms with Gasteiger partial charge in [-0.25, -0.2) is 8.42 Å². The average molecular weight is 268 g/mol. The number of rotatable bonds is 4. The molecule has 0 aromatic carbocycles. The lowest BCUT2D eigenvalue weighted by molar-refractivity contribution is 0.371. The van der Waals surface area contributed by atoms with Gasteiger partial charge in [-0.15, -0.1) is 0 Å². The van der Waals surface area contributed by atoms with E-state index in [0.29, 0.717) is 6.04 Å². The molecule has 0 bridgehead atoms. The summed E-state index contributed by atoms with van der Waals surface area (Å²) in [4.78, 5) is 4.07. The summed E-state index contributed by atoms with van der Waals surface area (Å²) in [5.41, 5.74) is 1.14. The second-order valence-electron chi connectivity index (χ2n) is 5.06. The first-order valence-corrected chi connectivity index (χ1v) is 8.32. The molecule has 1 aliphatic rings. The molecular formula is C13H20N2O2S. The number of pyridine rings is 1. The normalized spacial score (nSPS) is 24.9. The van der Waals surface area contributed by atoms with E-state index in [2.05, 4.69) is 10.3 Å². The highest BCUT2D eigenvalue weighted by atomic mass is 32.2. The molecule has 0 spiro atoms. The summed E-state index contributed by atoms with van der Waals surface area (Å²) in [7, 11) is -2.89. The van der Waals surface area contributed by atoms with E-state index < -0.39 is 9.84 Å². The van der Waals surface area contributed by atoms with Crippen molar-refractivity contribution in [2.24, 2.45) is 0 Å². The van der Waals surface area contributed by atoms with Gasteiger partial charge in [0, 0.05) is 31.2 Å². The van der Waals surface area contributed by atoms with Crippen LogP contribution >= 0.6 is 0 Å². The van der Waals surface area contributed by atoms with Gasteiger partial charge in [0.05, 0.1) is 5.25 Å². The predicted molar refractivity (Wildman–Crippen MR) is 72.0 cm³/mol. The van der Waals surface area contributed by atoms with Crippen molar-refractivity contribution in [2.45, 2.75) is 43.5 Å². The molecule has 0 saturated heterocycles. The van der Waals surface area contributed by atoms with Crippen LogP contribution in [0.4, 0.5) is 0 Å². The molecule has 0 radical (unpaired) electrons. The van der Waals surface area contributed by atoms with Gasteiger partial charge in [-0.05, 0) is 30.9 Å². The molecule has 100 valence electrons. The van der Waals surface area contributed by atoms with Crippen molar-refractivity contribution in [3.8, 4) is 0 Å². The summed E-state index contributed by atoms with van der Waals surface area (Å²) in [5.74, 6) is 0. The van der Waals surface area contributed by atoms with Crippen LogP contribution in [0.3, 0.4) is 0 Å². The van der Waals surface area contributed by atoms with Gasteiger partial charge in [0.2, 0.25) is 0 Å². The zero-order chi connectivity index (χ0) is 13.0. The Kier molecular flexibility index (Phi) is 4.35. The molecule has 1 N–H and O–H groups in total. The van der Waals surface area contributed by atoms with Crippen molar-refractivity contribution in [3.63, 3.8) is 0 Å². The highest BCUT2D eigenvalue weighted by Crippen LogP contribution is 2.24. The predicted octanol–water partition coefficient (Wildman–Crippen LogP) is 1.53. The Hall–Kier alpha value is -0.940. The molecule has 2 rings (SSSR count). The third-order valence-corrected chi connectivity index (χ3v) is 5.19. The summed E-state index contributed by atoms with van der Waals surface area (Å²) in [6.07, 6.45) is 8.53. The van der Waals surface area contributed by atoms with Crippen LogP contribution in [-0.2, 0) is 16.4 Å². The van der Waals surface area contributed by atoms with Gasteiger partial charge in [0.1, 0.15) is 9.84 Å². The van der Waals surface area contributed by atoms with Gasteiger partial charge < -0.3 is 5.32 Å². The first-order chi connectivity index (χ1) is 8.55. The van der Waals surface area contributed by atoms with Crippen LogP contribution in [0.1, 0.15) is 31.2 Å². The first kappa shape index (κ1) is 13.5. The Bertz CT molecular complexity index is 473. The van der Waals surface area contributed by atoms with E-state index in [1.54, 1.807) is 6.20 Å². The lowest BCUT2D eigenvalue weighted by Crippen LogP contribution is -2.38. The molecule has 18 heavy (non-hydrogen) atoms. The summed E-state index contributed by atoms with van der Waals surface area (Å²) >= 11 is 0. The Balaban J connectivity index is 1.87. The molecule has 1 fully saturated rings. The van der Waals surface area contributed by atoms with Crippen LogP contribution in [0.2, 0.25) is 0 Å². The third kappa shape index (κ3) is 3.78. The van der Waals surface area contributed by atoms with E-state index >= 15 is 0 Å². The number of nitrogens with one attached hydrogen (secondary N) is 1. The van der Waals surface area contributed by atoms with Crippen molar-refractivity contribution < 1.29 is 8.42 Å². The summed E-state index contributed by atoms with van der Waals surface area (Å²) < 4.78 is 23.1. The van der Waals surface area contributed by atoms with E-state index in [1.807, 2.05) is 18.3 Å². The zero-order valence-electron chi connectivity index (χ0n) is 10.7. The molecule has 1 saturated carbocycles. The van der Waals surface area contributed by atoms with Gasteiger partial charge >= 0.3 is 0 Å². The van der Waals surface area contributed by atoms with Gasteiger partial charge in [0.15, 0.2) is 0 Å². The zero-order valence-corrected chi connectivity index (χ0v) is 11.5. The molecule has 1 heterocycles. The first-order valence-electron chi connectivity index (χ1n) is 6.37. The van der Waals surface area contributed by atoms with Crippen molar-refractivity contribution in [3.05, 3.63) is 30.1 Å². The van der Waals surface area contributed by atoms with Gasteiger partial charge in [-0.2, -0.15) is 0 Å². The lowest BCUT2D eigenvalue weighted by Gasteiger charge is -2.28. The van der Waals surface area contributed by atoms with Gasteiger partial charge in [-0.1, -0.05) is 12.5 Å². The minimum absolute atomic E-state index is 0.169. The summed E-state index contributed by atoms with van der Waals surface area (Å²) in [6.45, 7) is 0.759. The highest BCUT2D eigenvalue weighted by Gasteiger charge is 2.28. The van der Waals surface area contributed by atoms with Crippen molar-refractivity contribution in [1.82, 2.24) is 10.3 Å². The number of aromatic nitrogens is 1. The fourth-order valence-corrected chi connectivity index (χ4v) is 3.66. The van der Waals surface area contributed by atoms with E-state index in [1.165, 1.54) is 6.26 Å². The summed E-state index contributed by atoms with van der Waals surface area (Å²) in [5, 5.41) is 3.27. The van der Waals surface area contributed by atoms with E-state index in [4.69, 9.17) is 0 Å². The monoisotopic (exact) mass is 268 g/mol. The standard InChI is InChI=1S/C13H20N2O2S/c1-18(16,17)13-6-2-5-12(8-13)15-10-11-4-3-7-14-9-11/h3-4,7,9,12-13,15H,2,5-6,8,10H2,1H3. The number of sulfone groups is 1. The van der Waals surface area contributed by atoms with Crippen molar-refractivity contribution in [2.75, 3.05) is 6.26 Å². The Labute approximate surface area is 109 Å². The maximum atomic E-state index is 11.6. The molecule has 0 aliphatic heterocycles. The molecule has 1 aromatic rings. The maximum absolute atomic E-state index is 11.6.